The van der Waals surface area contributed by atoms with Crippen molar-refractivity contribution in [3.63, 3.8) is 0 Å². The molecule has 0 radical (unpaired) electrons. The molecular weight excluding hydrogens is 458 g/mol. The number of piperazine rings is 1. The Hall–Kier alpha value is -3.19. The lowest BCUT2D eigenvalue weighted by molar-refractivity contribution is 0.106. The maximum atomic E-state index is 12.6. The zero-order chi connectivity index (χ0) is 23.8. The molecule has 1 saturated heterocycles. The molecule has 2 atom stereocenters. The van der Waals surface area contributed by atoms with Crippen LogP contribution in [0, 0.1) is 0 Å². The van der Waals surface area contributed by atoms with Gasteiger partial charge >= 0.3 is 5.69 Å². The van der Waals surface area contributed by atoms with E-state index in [1.54, 1.807) is 4.57 Å². The summed E-state index contributed by atoms with van der Waals surface area (Å²) in [6, 6.07) is 27.2. The lowest BCUT2D eigenvalue weighted by atomic mass is 9.96. The Bertz CT molecular complexity index is 1380. The number of fused-ring (bicyclic) bond motifs is 3. The predicted molar refractivity (Wildman–Crippen MR) is 141 cm³/mol. The van der Waals surface area contributed by atoms with Crippen molar-refractivity contribution in [2.24, 2.45) is 0 Å². The van der Waals surface area contributed by atoms with Crippen molar-refractivity contribution in [3.8, 4) is 0 Å². The van der Waals surface area contributed by atoms with Crippen LogP contribution in [0.3, 0.4) is 0 Å². The number of nitrogens with zero attached hydrogens (tertiary/aromatic N) is 4. The van der Waals surface area contributed by atoms with E-state index >= 15 is 0 Å². The van der Waals surface area contributed by atoms with Gasteiger partial charge in [-0.15, -0.1) is 0 Å². The number of nitrogens with one attached hydrogen (secondary N) is 1. The van der Waals surface area contributed by atoms with Gasteiger partial charge in [0.25, 0.3) is 0 Å². The van der Waals surface area contributed by atoms with E-state index in [2.05, 4.69) is 62.6 Å². The Labute approximate surface area is 209 Å². The largest absolute Gasteiger partial charge is 0.365 e. The average molecular weight is 486 g/mol. The molecule has 2 aliphatic heterocycles. The molecule has 0 aliphatic carbocycles. The molecule has 0 amide bonds. The van der Waals surface area contributed by atoms with Crippen molar-refractivity contribution in [1.29, 1.82) is 0 Å². The minimum Gasteiger partial charge on any atom is -0.365 e. The van der Waals surface area contributed by atoms with E-state index in [1.165, 1.54) is 11.1 Å². The molecule has 3 heterocycles. The highest BCUT2D eigenvalue weighted by Crippen LogP contribution is 2.31. The fourth-order valence-corrected chi connectivity index (χ4v) is 5.60. The van der Waals surface area contributed by atoms with Crippen molar-refractivity contribution in [2.45, 2.75) is 18.6 Å². The van der Waals surface area contributed by atoms with Crippen LogP contribution in [0.25, 0.3) is 10.9 Å². The maximum absolute atomic E-state index is 12.6. The van der Waals surface area contributed by atoms with Gasteiger partial charge in [0.2, 0.25) is 0 Å². The Morgan fingerprint density at radius 2 is 1.57 bits per heavy atom. The fraction of sp³-hybridized carbons (Fsp3) is 0.286. The van der Waals surface area contributed by atoms with E-state index in [1.807, 2.05) is 36.4 Å². The molecular formula is C28H28ClN5O. The van der Waals surface area contributed by atoms with Crippen LogP contribution >= 0.6 is 11.6 Å². The standard InChI is InChI=1S/C28H28ClN5O/c29-22-12-10-21(11-13-22)26(20-6-2-1-3-7-20)33-16-14-32(15-17-33)18-23-19-34-27(30-23)24-8-4-5-9-25(24)31-28(34)35/h1-13,23,26,30H,14-19H2. The first kappa shape index (κ1) is 22.3. The number of rotatable bonds is 5. The third kappa shape index (κ3) is 4.45. The van der Waals surface area contributed by atoms with E-state index < -0.39 is 0 Å². The fourth-order valence-electron chi connectivity index (χ4n) is 5.47. The topological polar surface area (TPSA) is 53.4 Å². The molecule has 0 spiro atoms. The van der Waals surface area contributed by atoms with Gasteiger partial charge in [-0.25, -0.2) is 4.79 Å². The zero-order valence-electron chi connectivity index (χ0n) is 19.5. The summed E-state index contributed by atoms with van der Waals surface area (Å²) in [4.78, 5) is 21.9. The quantitative estimate of drug-likeness (QED) is 0.458. The van der Waals surface area contributed by atoms with Gasteiger partial charge in [-0.3, -0.25) is 14.4 Å². The van der Waals surface area contributed by atoms with Crippen molar-refractivity contribution < 1.29 is 0 Å². The highest BCUT2D eigenvalue weighted by atomic mass is 35.5. The monoisotopic (exact) mass is 485 g/mol. The average Bonchev–Trinajstić information content (AvgIpc) is 3.32. The summed E-state index contributed by atoms with van der Waals surface area (Å²) in [7, 11) is 0. The van der Waals surface area contributed by atoms with Crippen LogP contribution in [0.2, 0.25) is 5.02 Å². The normalized spacial score (nSPS) is 19.4. The molecule has 6 nitrogen and oxygen atoms in total. The van der Waals surface area contributed by atoms with Crippen molar-refractivity contribution in [3.05, 3.63) is 105 Å². The number of para-hydroxylation sites is 1. The molecule has 0 bridgehead atoms. The lowest BCUT2D eigenvalue weighted by Crippen LogP contribution is -2.50. The second kappa shape index (κ2) is 9.46. The van der Waals surface area contributed by atoms with Gasteiger partial charge in [-0.1, -0.05) is 66.2 Å². The van der Waals surface area contributed by atoms with Crippen molar-refractivity contribution in [2.75, 3.05) is 38.0 Å². The summed E-state index contributed by atoms with van der Waals surface area (Å²) in [5.74, 6) is 0.899. The van der Waals surface area contributed by atoms with Gasteiger partial charge in [-0.05, 0) is 35.4 Å². The highest BCUT2D eigenvalue weighted by Gasteiger charge is 2.30. The van der Waals surface area contributed by atoms with Gasteiger partial charge in [0, 0.05) is 43.1 Å². The summed E-state index contributed by atoms with van der Waals surface area (Å²) < 4.78 is 1.79. The number of aromatic nitrogens is 2. The maximum Gasteiger partial charge on any atom is 0.349 e. The highest BCUT2D eigenvalue weighted by molar-refractivity contribution is 6.30. The summed E-state index contributed by atoms with van der Waals surface area (Å²) in [5.41, 5.74) is 3.14. The molecule has 6 rings (SSSR count). The molecule has 1 aromatic heterocycles. The van der Waals surface area contributed by atoms with Crippen molar-refractivity contribution in [1.82, 2.24) is 19.4 Å². The number of halogens is 1. The Kier molecular flexibility index (Phi) is 6.02. The van der Waals surface area contributed by atoms with Gasteiger partial charge in [-0.2, -0.15) is 4.98 Å². The number of benzene rings is 3. The third-order valence-electron chi connectivity index (χ3n) is 7.17. The van der Waals surface area contributed by atoms with E-state index in [9.17, 15) is 4.79 Å². The van der Waals surface area contributed by atoms with E-state index in [4.69, 9.17) is 11.6 Å². The van der Waals surface area contributed by atoms with E-state index in [-0.39, 0.29) is 17.8 Å². The molecule has 1 fully saturated rings. The van der Waals surface area contributed by atoms with Crippen LogP contribution in [-0.2, 0) is 6.54 Å². The van der Waals surface area contributed by atoms with Crippen LogP contribution in [0.1, 0.15) is 17.2 Å². The molecule has 3 aromatic carbocycles. The summed E-state index contributed by atoms with van der Waals surface area (Å²) in [6.45, 7) is 5.49. The van der Waals surface area contributed by atoms with Crippen LogP contribution in [0.5, 0.6) is 0 Å². The Morgan fingerprint density at radius 3 is 2.34 bits per heavy atom. The van der Waals surface area contributed by atoms with Crippen LogP contribution in [0.15, 0.2) is 83.7 Å². The minimum absolute atomic E-state index is 0.174. The number of anilines is 1. The van der Waals surface area contributed by atoms with Gasteiger partial charge in [0.1, 0.15) is 5.82 Å². The number of hydrogen-bond acceptors (Lipinski definition) is 5. The first-order valence-electron chi connectivity index (χ1n) is 12.2. The molecule has 4 aromatic rings. The van der Waals surface area contributed by atoms with Crippen LogP contribution in [0.4, 0.5) is 5.82 Å². The van der Waals surface area contributed by atoms with Crippen molar-refractivity contribution >= 4 is 28.3 Å². The predicted octanol–water partition coefficient (Wildman–Crippen LogP) is 4.25. The van der Waals surface area contributed by atoms with E-state index in [0.29, 0.717) is 6.54 Å². The van der Waals surface area contributed by atoms with Crippen LogP contribution in [-0.4, -0.2) is 58.1 Å². The molecule has 2 aliphatic rings. The molecule has 1 N–H and O–H groups in total. The van der Waals surface area contributed by atoms with Crippen LogP contribution < -0.4 is 11.0 Å². The van der Waals surface area contributed by atoms with Gasteiger partial charge < -0.3 is 5.32 Å². The lowest BCUT2D eigenvalue weighted by Gasteiger charge is -2.40. The number of hydrogen-bond donors (Lipinski definition) is 1. The molecule has 7 heteroatoms. The second-order valence-electron chi connectivity index (χ2n) is 9.41. The van der Waals surface area contributed by atoms with Gasteiger partial charge in [0.15, 0.2) is 0 Å². The smallest absolute Gasteiger partial charge is 0.349 e. The zero-order valence-corrected chi connectivity index (χ0v) is 20.2. The summed E-state index contributed by atoms with van der Waals surface area (Å²) in [5, 5.41) is 5.38. The second-order valence-corrected chi connectivity index (χ2v) is 9.85. The minimum atomic E-state index is -0.174. The third-order valence-corrected chi connectivity index (χ3v) is 7.42. The summed E-state index contributed by atoms with van der Waals surface area (Å²) >= 11 is 6.17. The first-order valence-corrected chi connectivity index (χ1v) is 12.6. The molecule has 35 heavy (non-hydrogen) atoms. The first-order chi connectivity index (χ1) is 17.2. The Balaban J connectivity index is 1.15. The molecule has 2 unspecified atom stereocenters. The SMILES string of the molecule is O=c1nc2ccccc2c2n1CC(CN1CCN(C(c3ccccc3)c3ccc(Cl)cc3)CC1)N2. The molecule has 178 valence electrons. The van der Waals surface area contributed by atoms with E-state index in [0.717, 1.165) is 54.5 Å². The Morgan fingerprint density at radius 1 is 0.886 bits per heavy atom. The molecule has 0 saturated carbocycles. The summed E-state index contributed by atoms with van der Waals surface area (Å²) in [6.07, 6.45) is 0. The van der Waals surface area contributed by atoms with Gasteiger partial charge in [0.05, 0.1) is 24.1 Å².